The van der Waals surface area contributed by atoms with Crippen molar-refractivity contribution in [2.45, 2.75) is 18.6 Å². The van der Waals surface area contributed by atoms with E-state index >= 15 is 0 Å². The first-order valence-electron chi connectivity index (χ1n) is 8.94. The molecule has 2 N–H and O–H groups in total. The molecule has 7 nitrogen and oxygen atoms in total. The van der Waals surface area contributed by atoms with Crippen LogP contribution in [0.5, 0.6) is 0 Å². The summed E-state index contributed by atoms with van der Waals surface area (Å²) in [7, 11) is 1.75. The number of nitrogens with zero attached hydrogens (tertiary/aromatic N) is 3. The average molecular weight is 448 g/mol. The van der Waals surface area contributed by atoms with Gasteiger partial charge in [-0.25, -0.2) is 4.39 Å². The largest absolute Gasteiger partial charge is 0.345 e. The van der Waals surface area contributed by atoms with Crippen molar-refractivity contribution >= 4 is 40.9 Å². The lowest BCUT2D eigenvalue weighted by atomic mass is 10.2. The zero-order valence-electron chi connectivity index (χ0n) is 16.3. The second kappa shape index (κ2) is 9.73. The van der Waals surface area contributed by atoms with Gasteiger partial charge < -0.3 is 15.2 Å². The van der Waals surface area contributed by atoms with E-state index in [9.17, 15) is 14.0 Å². The zero-order valence-corrected chi connectivity index (χ0v) is 17.9. The van der Waals surface area contributed by atoms with Gasteiger partial charge >= 0.3 is 0 Å². The minimum atomic E-state index is -0.406. The number of benzene rings is 2. The van der Waals surface area contributed by atoms with Gasteiger partial charge in [0, 0.05) is 23.3 Å². The van der Waals surface area contributed by atoms with Crippen LogP contribution in [0, 0.1) is 12.7 Å². The normalized spacial score (nSPS) is 10.7. The minimum absolute atomic E-state index is 0.139. The smallest absolute Gasteiger partial charge is 0.251 e. The Balaban J connectivity index is 1.53. The molecule has 0 unspecified atom stereocenters. The van der Waals surface area contributed by atoms with Crippen molar-refractivity contribution in [1.29, 1.82) is 0 Å². The Hall–Kier alpha value is -2.91. The van der Waals surface area contributed by atoms with Crippen LogP contribution in [0.3, 0.4) is 0 Å². The van der Waals surface area contributed by atoms with Crippen molar-refractivity contribution in [3.8, 4) is 0 Å². The first-order chi connectivity index (χ1) is 14.3. The molecule has 3 rings (SSSR count). The summed E-state index contributed by atoms with van der Waals surface area (Å²) in [6.45, 7) is 2.03. The van der Waals surface area contributed by atoms with Gasteiger partial charge in [0.05, 0.1) is 12.3 Å². The highest BCUT2D eigenvalue weighted by Crippen LogP contribution is 2.21. The van der Waals surface area contributed by atoms with Crippen molar-refractivity contribution in [3.05, 3.63) is 70.3 Å². The number of rotatable bonds is 7. The number of thioether (sulfide) groups is 1. The molecule has 2 amide bonds. The number of hydrogen-bond acceptors (Lipinski definition) is 5. The molecule has 3 aromatic rings. The van der Waals surface area contributed by atoms with Gasteiger partial charge in [0.2, 0.25) is 5.91 Å². The molecule has 0 aliphatic carbocycles. The molecule has 10 heteroatoms. The third-order valence-electron chi connectivity index (χ3n) is 4.24. The van der Waals surface area contributed by atoms with Crippen molar-refractivity contribution < 1.29 is 14.0 Å². The van der Waals surface area contributed by atoms with Crippen LogP contribution >= 0.6 is 23.4 Å². The first-order valence-corrected chi connectivity index (χ1v) is 10.3. The first kappa shape index (κ1) is 21.8. The van der Waals surface area contributed by atoms with Gasteiger partial charge in [-0.05, 0) is 48.9 Å². The molecule has 1 heterocycles. The van der Waals surface area contributed by atoms with Gasteiger partial charge in [0.15, 0.2) is 11.0 Å². The summed E-state index contributed by atoms with van der Waals surface area (Å²) in [5, 5.41) is 14.7. The van der Waals surface area contributed by atoms with Crippen LogP contribution in [0.1, 0.15) is 21.7 Å². The number of anilines is 1. The fourth-order valence-corrected chi connectivity index (χ4v) is 3.43. The molecule has 0 aliphatic rings. The third-order valence-corrected chi connectivity index (χ3v) is 5.50. The highest BCUT2D eigenvalue weighted by atomic mass is 35.5. The van der Waals surface area contributed by atoms with Crippen molar-refractivity contribution in [2.75, 3.05) is 11.1 Å². The van der Waals surface area contributed by atoms with Gasteiger partial charge in [-0.2, -0.15) is 0 Å². The predicted molar refractivity (Wildman–Crippen MR) is 114 cm³/mol. The molecule has 0 atom stereocenters. The van der Waals surface area contributed by atoms with Crippen LogP contribution < -0.4 is 10.6 Å². The number of aromatic nitrogens is 3. The maximum absolute atomic E-state index is 13.0. The Bertz CT molecular complexity index is 1070. The maximum atomic E-state index is 13.0. The Labute approximate surface area is 182 Å². The molecule has 0 fully saturated rings. The summed E-state index contributed by atoms with van der Waals surface area (Å²) in [6, 6.07) is 10.6. The van der Waals surface area contributed by atoms with E-state index in [0.29, 0.717) is 27.3 Å². The number of nitrogens with one attached hydrogen (secondary N) is 2. The van der Waals surface area contributed by atoms with E-state index in [-0.39, 0.29) is 24.1 Å². The van der Waals surface area contributed by atoms with Crippen molar-refractivity contribution in [1.82, 2.24) is 20.1 Å². The number of hydrogen-bond donors (Lipinski definition) is 2. The van der Waals surface area contributed by atoms with Gasteiger partial charge in [-0.15, -0.1) is 10.2 Å². The predicted octanol–water partition coefficient (Wildman–Crippen LogP) is 3.58. The lowest BCUT2D eigenvalue weighted by Gasteiger charge is -2.09. The van der Waals surface area contributed by atoms with E-state index in [2.05, 4.69) is 20.8 Å². The van der Waals surface area contributed by atoms with Crippen LogP contribution in [-0.4, -0.2) is 32.3 Å². The molecule has 0 spiro atoms. The summed E-state index contributed by atoms with van der Waals surface area (Å²) in [4.78, 5) is 24.4. The topological polar surface area (TPSA) is 88.9 Å². The number of halogens is 2. The van der Waals surface area contributed by atoms with Crippen LogP contribution in [0.4, 0.5) is 10.1 Å². The van der Waals surface area contributed by atoms with E-state index in [4.69, 9.17) is 11.6 Å². The van der Waals surface area contributed by atoms with Crippen LogP contribution in [0.15, 0.2) is 47.6 Å². The summed E-state index contributed by atoms with van der Waals surface area (Å²) < 4.78 is 14.7. The second-order valence-corrected chi connectivity index (χ2v) is 7.82. The fourth-order valence-electron chi connectivity index (χ4n) is 2.53. The zero-order chi connectivity index (χ0) is 21.7. The molecule has 0 bridgehead atoms. The summed E-state index contributed by atoms with van der Waals surface area (Å²) in [5.74, 6) is -0.280. The Morgan fingerprint density at radius 3 is 2.63 bits per heavy atom. The number of amides is 2. The maximum Gasteiger partial charge on any atom is 0.251 e. The van der Waals surface area contributed by atoms with Crippen molar-refractivity contribution in [3.63, 3.8) is 0 Å². The van der Waals surface area contributed by atoms with E-state index in [0.717, 1.165) is 5.56 Å². The molecule has 0 saturated heterocycles. The number of aryl methyl sites for hydroxylation is 1. The van der Waals surface area contributed by atoms with E-state index in [1.54, 1.807) is 23.7 Å². The van der Waals surface area contributed by atoms with Crippen LogP contribution in [0.25, 0.3) is 0 Å². The number of carbonyl (C=O) groups excluding carboxylic acids is 2. The lowest BCUT2D eigenvalue weighted by Crippen LogP contribution is -2.24. The van der Waals surface area contributed by atoms with Crippen LogP contribution in [-0.2, 0) is 18.4 Å². The number of carbonyl (C=O) groups is 2. The van der Waals surface area contributed by atoms with Gasteiger partial charge in [0.1, 0.15) is 5.82 Å². The lowest BCUT2D eigenvalue weighted by molar-refractivity contribution is -0.113. The molecular weight excluding hydrogens is 429 g/mol. The monoisotopic (exact) mass is 447 g/mol. The van der Waals surface area contributed by atoms with E-state index in [1.807, 2.05) is 13.0 Å². The summed E-state index contributed by atoms with van der Waals surface area (Å²) in [6.07, 6.45) is 0. The SMILES string of the molecule is Cc1ccc(Cl)cc1NC(=O)CSc1nnc(CNC(=O)c2ccc(F)cc2)n1C. The molecule has 1 aromatic heterocycles. The van der Waals surface area contributed by atoms with Gasteiger partial charge in [0.25, 0.3) is 5.91 Å². The summed E-state index contributed by atoms with van der Waals surface area (Å²) >= 11 is 7.20. The Morgan fingerprint density at radius 1 is 1.17 bits per heavy atom. The van der Waals surface area contributed by atoms with Gasteiger partial charge in [-0.1, -0.05) is 29.4 Å². The Kier molecular flexibility index (Phi) is 7.07. The molecule has 2 aromatic carbocycles. The highest BCUT2D eigenvalue weighted by Gasteiger charge is 2.14. The van der Waals surface area contributed by atoms with E-state index in [1.165, 1.54) is 36.0 Å². The van der Waals surface area contributed by atoms with Crippen LogP contribution in [0.2, 0.25) is 5.02 Å². The molecule has 0 saturated carbocycles. The average Bonchev–Trinajstić information content (AvgIpc) is 3.07. The minimum Gasteiger partial charge on any atom is -0.345 e. The van der Waals surface area contributed by atoms with Crippen molar-refractivity contribution in [2.24, 2.45) is 7.05 Å². The third kappa shape index (κ3) is 5.58. The van der Waals surface area contributed by atoms with E-state index < -0.39 is 5.82 Å². The molecule has 156 valence electrons. The fraction of sp³-hybridized carbons (Fsp3) is 0.200. The standard InChI is InChI=1S/C20H19ClFN5O2S/c1-12-3-6-14(21)9-16(12)24-18(28)11-30-20-26-25-17(27(20)2)10-23-19(29)13-4-7-15(22)8-5-13/h3-9H,10-11H2,1-2H3,(H,23,29)(H,24,28). The molecular formula is C20H19ClFN5O2S. The molecule has 0 aliphatic heterocycles. The Morgan fingerprint density at radius 2 is 1.90 bits per heavy atom. The molecule has 0 radical (unpaired) electrons. The molecule has 30 heavy (non-hydrogen) atoms. The summed E-state index contributed by atoms with van der Waals surface area (Å²) in [5.41, 5.74) is 1.92. The quantitative estimate of drug-likeness (QED) is 0.540. The highest BCUT2D eigenvalue weighted by molar-refractivity contribution is 7.99. The second-order valence-electron chi connectivity index (χ2n) is 6.44. The van der Waals surface area contributed by atoms with Gasteiger partial charge in [-0.3, -0.25) is 9.59 Å².